The Kier molecular flexibility index (Phi) is 4.10. The van der Waals surface area contributed by atoms with Gasteiger partial charge in [-0.25, -0.2) is 4.90 Å². The summed E-state index contributed by atoms with van der Waals surface area (Å²) in [4.78, 5) is 38.6. The Balaban J connectivity index is 1.77. The number of anilines is 1. The first-order valence-corrected chi connectivity index (χ1v) is 9.20. The predicted octanol–water partition coefficient (Wildman–Crippen LogP) is 2.57. The quantitative estimate of drug-likeness (QED) is 0.537. The minimum Gasteiger partial charge on any atom is -0.459 e. The summed E-state index contributed by atoms with van der Waals surface area (Å²) in [5, 5.41) is 8.96. The maximum atomic E-state index is 13.3. The molecule has 4 rings (SSSR count). The normalized spacial score (nSPS) is 34.8. The first kappa shape index (κ1) is 20.3. The summed E-state index contributed by atoms with van der Waals surface area (Å²) in [6.45, 7) is 4.43. The van der Waals surface area contributed by atoms with E-state index in [1.165, 1.54) is 13.0 Å². The van der Waals surface area contributed by atoms with E-state index in [1.54, 1.807) is 13.8 Å². The molecule has 7 nitrogen and oxygen atoms in total. The van der Waals surface area contributed by atoms with Crippen LogP contribution in [0.3, 0.4) is 0 Å². The number of imide groups is 1. The van der Waals surface area contributed by atoms with Crippen molar-refractivity contribution in [3.8, 4) is 6.07 Å². The average Bonchev–Trinajstić information content (AvgIpc) is 3.14. The fourth-order valence-corrected chi connectivity index (χ4v) is 5.11. The van der Waals surface area contributed by atoms with E-state index in [0.717, 1.165) is 17.0 Å². The lowest BCUT2D eigenvalue weighted by Gasteiger charge is -2.34. The summed E-state index contributed by atoms with van der Waals surface area (Å²) in [6.07, 6.45) is -5.40. The zero-order valence-corrected chi connectivity index (χ0v) is 16.2. The van der Waals surface area contributed by atoms with Crippen LogP contribution in [0.25, 0.3) is 0 Å². The van der Waals surface area contributed by atoms with Crippen molar-refractivity contribution in [2.24, 2.45) is 11.8 Å². The van der Waals surface area contributed by atoms with E-state index in [4.69, 9.17) is 14.7 Å². The summed E-state index contributed by atoms with van der Waals surface area (Å²) in [5.41, 5.74) is -4.47. The average molecular weight is 422 g/mol. The number of alkyl halides is 3. The van der Waals surface area contributed by atoms with Crippen LogP contribution in [0.5, 0.6) is 0 Å². The molecular weight excluding hydrogens is 405 g/mol. The third kappa shape index (κ3) is 2.58. The molecule has 1 aromatic carbocycles. The van der Waals surface area contributed by atoms with Gasteiger partial charge in [-0.1, -0.05) is 0 Å². The van der Waals surface area contributed by atoms with E-state index in [2.05, 4.69) is 0 Å². The lowest BCUT2D eigenvalue weighted by Crippen LogP contribution is -2.50. The molecular formula is C20H17F3N2O5. The number of ether oxygens (including phenoxy) is 2. The molecule has 0 saturated carbocycles. The number of halogens is 3. The van der Waals surface area contributed by atoms with Gasteiger partial charge in [0.1, 0.15) is 11.7 Å². The number of benzene rings is 1. The fourth-order valence-electron chi connectivity index (χ4n) is 5.11. The first-order valence-electron chi connectivity index (χ1n) is 9.20. The maximum absolute atomic E-state index is 13.3. The molecule has 2 unspecified atom stereocenters. The molecule has 0 aliphatic carbocycles. The molecule has 5 atom stereocenters. The molecule has 0 N–H and O–H groups in total. The van der Waals surface area contributed by atoms with Gasteiger partial charge in [-0.15, -0.1) is 0 Å². The number of nitrogens with zero attached hydrogens (tertiary/aromatic N) is 2. The highest BCUT2D eigenvalue weighted by Crippen LogP contribution is 2.61. The van der Waals surface area contributed by atoms with Gasteiger partial charge in [-0.05, 0) is 32.0 Å². The van der Waals surface area contributed by atoms with Crippen LogP contribution in [-0.2, 0) is 30.0 Å². The number of fused-ring (bicyclic) bond motifs is 5. The Morgan fingerprint density at radius 2 is 1.90 bits per heavy atom. The Morgan fingerprint density at radius 3 is 2.47 bits per heavy atom. The molecule has 3 saturated heterocycles. The van der Waals surface area contributed by atoms with Crippen molar-refractivity contribution in [3.63, 3.8) is 0 Å². The number of hydrogen-bond donors (Lipinski definition) is 0. The van der Waals surface area contributed by atoms with Gasteiger partial charge >= 0.3 is 12.1 Å². The van der Waals surface area contributed by atoms with Crippen LogP contribution in [0.15, 0.2) is 18.2 Å². The monoisotopic (exact) mass is 422 g/mol. The van der Waals surface area contributed by atoms with Gasteiger partial charge in [0.15, 0.2) is 0 Å². The second-order valence-electron chi connectivity index (χ2n) is 8.21. The first-order chi connectivity index (χ1) is 13.8. The van der Waals surface area contributed by atoms with Crippen molar-refractivity contribution < 1.29 is 37.0 Å². The van der Waals surface area contributed by atoms with Crippen molar-refractivity contribution in [2.75, 3.05) is 4.90 Å². The van der Waals surface area contributed by atoms with Gasteiger partial charge < -0.3 is 9.47 Å². The van der Waals surface area contributed by atoms with Crippen molar-refractivity contribution in [1.82, 2.24) is 0 Å². The third-order valence-corrected chi connectivity index (χ3v) is 6.26. The fraction of sp³-hybridized carbons (Fsp3) is 0.500. The molecule has 2 bridgehead atoms. The Labute approximate surface area is 169 Å². The number of carbonyl (C=O) groups is 3. The Morgan fingerprint density at radius 1 is 1.27 bits per heavy atom. The standard InChI is InChI=1S/C20H17F3N2O5/c1-9(26)29-13-7-18(2)14-15(19(13,3)30-18)17(28)25(16(14)27)11-5-4-10(8-24)12(6-11)20(21,22)23/h4-6,13-15H,7H2,1-3H3/t13-,14+,15-,18?,19?/m1/s1. The number of hydrogen-bond acceptors (Lipinski definition) is 6. The Hall–Kier alpha value is -2.93. The summed E-state index contributed by atoms with van der Waals surface area (Å²) in [6, 6.07) is 4.17. The lowest BCUT2D eigenvalue weighted by molar-refractivity contribution is -0.159. The lowest BCUT2D eigenvalue weighted by atomic mass is 9.67. The summed E-state index contributed by atoms with van der Waals surface area (Å²) in [5.74, 6) is -3.86. The van der Waals surface area contributed by atoms with Crippen LogP contribution in [0, 0.1) is 23.2 Å². The maximum Gasteiger partial charge on any atom is 0.417 e. The number of carbonyl (C=O) groups excluding carboxylic acids is 3. The van der Waals surface area contributed by atoms with Crippen molar-refractivity contribution in [3.05, 3.63) is 29.3 Å². The van der Waals surface area contributed by atoms with Gasteiger partial charge in [0.2, 0.25) is 11.8 Å². The molecule has 0 spiro atoms. The smallest absolute Gasteiger partial charge is 0.417 e. The summed E-state index contributed by atoms with van der Waals surface area (Å²) in [7, 11) is 0. The van der Waals surface area contributed by atoms with Gasteiger partial charge in [0, 0.05) is 13.3 Å². The van der Waals surface area contributed by atoms with E-state index in [9.17, 15) is 27.6 Å². The SMILES string of the molecule is CC(=O)O[C@@H]1CC2(C)OC1(C)[C@H]1C(=O)N(c3ccc(C#N)c(C(F)(F)F)c3)C(=O)[C@H]12. The van der Waals surface area contributed by atoms with Crippen LogP contribution < -0.4 is 4.90 Å². The number of nitriles is 1. The zero-order chi connectivity index (χ0) is 22.2. The van der Waals surface area contributed by atoms with Crippen molar-refractivity contribution in [1.29, 1.82) is 5.26 Å². The molecule has 10 heteroatoms. The van der Waals surface area contributed by atoms with Crippen LogP contribution in [-0.4, -0.2) is 35.1 Å². The largest absolute Gasteiger partial charge is 0.459 e. The molecule has 0 radical (unpaired) electrons. The third-order valence-electron chi connectivity index (χ3n) is 6.26. The van der Waals surface area contributed by atoms with Gasteiger partial charge in [0.05, 0.1) is 40.3 Å². The van der Waals surface area contributed by atoms with E-state index in [-0.39, 0.29) is 12.1 Å². The molecule has 2 amide bonds. The molecule has 158 valence electrons. The molecule has 3 aliphatic heterocycles. The molecule has 1 aromatic rings. The van der Waals surface area contributed by atoms with Gasteiger partial charge in [0.25, 0.3) is 0 Å². The van der Waals surface area contributed by atoms with Crippen LogP contribution >= 0.6 is 0 Å². The van der Waals surface area contributed by atoms with Gasteiger partial charge in [-0.2, -0.15) is 18.4 Å². The topological polar surface area (TPSA) is 96.7 Å². The van der Waals surface area contributed by atoms with E-state index < -0.39 is 64.2 Å². The predicted molar refractivity (Wildman–Crippen MR) is 93.7 cm³/mol. The van der Waals surface area contributed by atoms with E-state index >= 15 is 0 Å². The Bertz CT molecular complexity index is 1030. The summed E-state index contributed by atoms with van der Waals surface area (Å²) >= 11 is 0. The summed E-state index contributed by atoms with van der Waals surface area (Å²) < 4.78 is 51.4. The second kappa shape index (κ2) is 6.04. The van der Waals surface area contributed by atoms with E-state index in [1.807, 2.05) is 0 Å². The van der Waals surface area contributed by atoms with Crippen LogP contribution in [0.4, 0.5) is 18.9 Å². The number of rotatable bonds is 2. The van der Waals surface area contributed by atoms with Crippen molar-refractivity contribution in [2.45, 2.75) is 50.7 Å². The highest BCUT2D eigenvalue weighted by Gasteiger charge is 2.76. The van der Waals surface area contributed by atoms with Gasteiger partial charge in [-0.3, -0.25) is 14.4 Å². The zero-order valence-electron chi connectivity index (χ0n) is 16.2. The highest BCUT2D eigenvalue weighted by atomic mass is 19.4. The second-order valence-corrected chi connectivity index (χ2v) is 8.21. The minimum absolute atomic E-state index is 0.193. The molecule has 3 heterocycles. The van der Waals surface area contributed by atoms with Crippen molar-refractivity contribution >= 4 is 23.5 Å². The van der Waals surface area contributed by atoms with Crippen LogP contribution in [0.1, 0.15) is 38.3 Å². The number of esters is 1. The highest BCUT2D eigenvalue weighted by molar-refractivity contribution is 6.23. The van der Waals surface area contributed by atoms with Crippen LogP contribution in [0.2, 0.25) is 0 Å². The van der Waals surface area contributed by atoms with E-state index in [0.29, 0.717) is 6.07 Å². The molecule has 3 fully saturated rings. The number of amides is 2. The molecule has 3 aliphatic rings. The minimum atomic E-state index is -4.83. The molecule has 0 aromatic heterocycles. The molecule has 30 heavy (non-hydrogen) atoms.